The Kier molecular flexibility index (Phi) is 3.61. The van der Waals surface area contributed by atoms with Crippen molar-refractivity contribution in [2.24, 2.45) is 18.9 Å². The fraction of sp³-hybridized carbons (Fsp3) is 0.615. The number of amides is 1. The molecule has 1 fully saturated rings. The Balaban J connectivity index is 2.09. The molecular formula is C13H19BrN2O. The van der Waals surface area contributed by atoms with Gasteiger partial charge in [-0.2, -0.15) is 0 Å². The summed E-state index contributed by atoms with van der Waals surface area (Å²) in [7, 11) is 1.91. The SMILES string of the molecule is CC(C)C1CCN(C(=O)c2cc(Br)cn2C)C1. The molecule has 3 nitrogen and oxygen atoms in total. The second kappa shape index (κ2) is 4.84. The summed E-state index contributed by atoms with van der Waals surface area (Å²) in [4.78, 5) is 14.3. The van der Waals surface area contributed by atoms with Crippen LogP contribution in [0.1, 0.15) is 30.8 Å². The molecule has 1 amide bonds. The molecule has 1 atom stereocenters. The Labute approximate surface area is 111 Å². The van der Waals surface area contributed by atoms with Gasteiger partial charge in [0.15, 0.2) is 0 Å². The van der Waals surface area contributed by atoms with Crippen LogP contribution >= 0.6 is 15.9 Å². The number of hydrogen-bond donors (Lipinski definition) is 0. The van der Waals surface area contributed by atoms with E-state index in [1.165, 1.54) is 0 Å². The maximum absolute atomic E-state index is 12.3. The summed E-state index contributed by atoms with van der Waals surface area (Å²) in [5, 5.41) is 0. The van der Waals surface area contributed by atoms with Crippen LogP contribution < -0.4 is 0 Å². The average molecular weight is 299 g/mol. The number of carbonyl (C=O) groups excluding carboxylic acids is 1. The summed E-state index contributed by atoms with van der Waals surface area (Å²) < 4.78 is 2.85. The molecule has 4 heteroatoms. The van der Waals surface area contributed by atoms with E-state index in [1.54, 1.807) is 0 Å². The monoisotopic (exact) mass is 298 g/mol. The number of nitrogens with zero attached hydrogens (tertiary/aromatic N) is 2. The minimum atomic E-state index is 0.154. The van der Waals surface area contributed by atoms with E-state index in [0.717, 1.165) is 29.7 Å². The topological polar surface area (TPSA) is 25.2 Å². The molecule has 1 unspecified atom stereocenters. The maximum Gasteiger partial charge on any atom is 0.270 e. The number of likely N-dealkylation sites (tertiary alicyclic amines) is 1. The van der Waals surface area contributed by atoms with Crippen LogP contribution in [0.4, 0.5) is 0 Å². The van der Waals surface area contributed by atoms with Crippen molar-refractivity contribution in [3.05, 3.63) is 22.4 Å². The lowest BCUT2D eigenvalue weighted by molar-refractivity contribution is 0.0774. The summed E-state index contributed by atoms with van der Waals surface area (Å²) in [6, 6.07) is 1.89. The number of hydrogen-bond acceptors (Lipinski definition) is 1. The van der Waals surface area contributed by atoms with Gasteiger partial charge in [-0.05, 0) is 40.3 Å². The van der Waals surface area contributed by atoms with E-state index < -0.39 is 0 Å². The van der Waals surface area contributed by atoms with Crippen LogP contribution in [0.15, 0.2) is 16.7 Å². The average Bonchev–Trinajstić information content (AvgIpc) is 2.84. The zero-order chi connectivity index (χ0) is 12.6. The van der Waals surface area contributed by atoms with Crippen molar-refractivity contribution < 1.29 is 4.79 Å². The molecule has 1 aliphatic heterocycles. The molecule has 1 aromatic rings. The van der Waals surface area contributed by atoms with Crippen molar-refractivity contribution in [2.45, 2.75) is 20.3 Å². The smallest absolute Gasteiger partial charge is 0.270 e. The molecule has 1 aromatic heterocycles. The lowest BCUT2D eigenvalue weighted by Gasteiger charge is -2.18. The van der Waals surface area contributed by atoms with Gasteiger partial charge in [0.2, 0.25) is 0 Å². The molecular weight excluding hydrogens is 280 g/mol. The summed E-state index contributed by atoms with van der Waals surface area (Å²) in [6.07, 6.45) is 3.05. The minimum Gasteiger partial charge on any atom is -0.345 e. The second-order valence-electron chi connectivity index (χ2n) is 5.20. The highest BCUT2D eigenvalue weighted by molar-refractivity contribution is 9.10. The standard InChI is InChI=1S/C13H19BrN2O/c1-9(2)10-4-5-16(7-10)13(17)12-6-11(14)8-15(12)3/h6,8-10H,4-5,7H2,1-3H3. The van der Waals surface area contributed by atoms with Crippen molar-refractivity contribution >= 4 is 21.8 Å². The molecule has 1 saturated heterocycles. The van der Waals surface area contributed by atoms with Gasteiger partial charge in [-0.15, -0.1) is 0 Å². The quantitative estimate of drug-likeness (QED) is 0.824. The van der Waals surface area contributed by atoms with Crippen LogP contribution in [0, 0.1) is 11.8 Å². The summed E-state index contributed by atoms with van der Waals surface area (Å²) in [5.74, 6) is 1.47. The van der Waals surface area contributed by atoms with Crippen molar-refractivity contribution in [3.63, 3.8) is 0 Å². The van der Waals surface area contributed by atoms with E-state index in [4.69, 9.17) is 0 Å². The highest BCUT2D eigenvalue weighted by Crippen LogP contribution is 2.25. The van der Waals surface area contributed by atoms with Gasteiger partial charge in [0.05, 0.1) is 0 Å². The normalized spacial score (nSPS) is 20.3. The molecule has 2 heterocycles. The van der Waals surface area contributed by atoms with E-state index in [-0.39, 0.29) is 5.91 Å². The number of aromatic nitrogens is 1. The van der Waals surface area contributed by atoms with E-state index in [2.05, 4.69) is 29.8 Å². The molecule has 0 N–H and O–H groups in total. The molecule has 0 aliphatic carbocycles. The van der Waals surface area contributed by atoms with Gasteiger partial charge in [0.25, 0.3) is 5.91 Å². The van der Waals surface area contributed by atoms with E-state index in [9.17, 15) is 4.79 Å². The third-order valence-corrected chi connectivity index (χ3v) is 4.08. The first-order valence-corrected chi connectivity index (χ1v) is 6.89. The lowest BCUT2D eigenvalue weighted by Crippen LogP contribution is -2.30. The Morgan fingerprint density at radius 3 is 2.71 bits per heavy atom. The number of halogens is 1. The Bertz CT molecular complexity index is 425. The molecule has 0 saturated carbocycles. The third-order valence-electron chi connectivity index (χ3n) is 3.65. The predicted molar refractivity (Wildman–Crippen MR) is 72.0 cm³/mol. The van der Waals surface area contributed by atoms with Gasteiger partial charge in [0.1, 0.15) is 5.69 Å². The second-order valence-corrected chi connectivity index (χ2v) is 6.11. The first kappa shape index (κ1) is 12.7. The molecule has 2 rings (SSSR count). The largest absolute Gasteiger partial charge is 0.345 e. The molecule has 94 valence electrons. The number of rotatable bonds is 2. The van der Waals surface area contributed by atoms with Gasteiger partial charge in [-0.3, -0.25) is 4.79 Å². The van der Waals surface area contributed by atoms with Gasteiger partial charge in [-0.25, -0.2) is 0 Å². The molecule has 0 aromatic carbocycles. The molecule has 0 radical (unpaired) electrons. The highest BCUT2D eigenvalue weighted by atomic mass is 79.9. The molecule has 0 spiro atoms. The molecule has 17 heavy (non-hydrogen) atoms. The summed E-state index contributed by atoms with van der Waals surface area (Å²) >= 11 is 3.40. The van der Waals surface area contributed by atoms with Crippen molar-refractivity contribution in [1.82, 2.24) is 9.47 Å². The van der Waals surface area contributed by atoms with Crippen LogP contribution in [0.2, 0.25) is 0 Å². The first-order valence-electron chi connectivity index (χ1n) is 6.10. The van der Waals surface area contributed by atoms with Gasteiger partial charge in [-0.1, -0.05) is 13.8 Å². The van der Waals surface area contributed by atoms with Gasteiger partial charge in [0, 0.05) is 30.8 Å². The molecule has 0 bridgehead atoms. The summed E-state index contributed by atoms with van der Waals surface area (Å²) in [6.45, 7) is 6.26. The molecule has 1 aliphatic rings. The maximum atomic E-state index is 12.3. The van der Waals surface area contributed by atoms with Crippen molar-refractivity contribution in [3.8, 4) is 0 Å². The number of carbonyl (C=O) groups is 1. The lowest BCUT2D eigenvalue weighted by atomic mass is 9.95. The van der Waals surface area contributed by atoms with Gasteiger partial charge >= 0.3 is 0 Å². The Hall–Kier alpha value is -0.770. The minimum absolute atomic E-state index is 0.154. The Morgan fingerprint density at radius 2 is 2.24 bits per heavy atom. The Morgan fingerprint density at radius 1 is 1.53 bits per heavy atom. The van der Waals surface area contributed by atoms with E-state index in [1.807, 2.05) is 28.8 Å². The van der Waals surface area contributed by atoms with Gasteiger partial charge < -0.3 is 9.47 Å². The predicted octanol–water partition coefficient (Wildman–Crippen LogP) is 2.91. The van der Waals surface area contributed by atoms with Crippen LogP contribution in [-0.4, -0.2) is 28.5 Å². The third kappa shape index (κ3) is 2.57. The number of aryl methyl sites for hydroxylation is 1. The van der Waals surface area contributed by atoms with Crippen LogP contribution in [0.5, 0.6) is 0 Å². The zero-order valence-electron chi connectivity index (χ0n) is 10.6. The highest BCUT2D eigenvalue weighted by Gasteiger charge is 2.29. The van der Waals surface area contributed by atoms with Crippen LogP contribution in [-0.2, 0) is 7.05 Å². The van der Waals surface area contributed by atoms with Crippen LogP contribution in [0.3, 0.4) is 0 Å². The zero-order valence-corrected chi connectivity index (χ0v) is 12.2. The first-order chi connectivity index (χ1) is 7.99. The van der Waals surface area contributed by atoms with Crippen molar-refractivity contribution in [1.29, 1.82) is 0 Å². The van der Waals surface area contributed by atoms with Crippen LogP contribution in [0.25, 0.3) is 0 Å². The van der Waals surface area contributed by atoms with E-state index >= 15 is 0 Å². The fourth-order valence-corrected chi connectivity index (χ4v) is 2.94. The van der Waals surface area contributed by atoms with E-state index in [0.29, 0.717) is 11.8 Å². The summed E-state index contributed by atoms with van der Waals surface area (Å²) in [5.41, 5.74) is 0.765. The van der Waals surface area contributed by atoms with Crippen molar-refractivity contribution in [2.75, 3.05) is 13.1 Å². The fourth-order valence-electron chi connectivity index (χ4n) is 2.41.